The van der Waals surface area contributed by atoms with Gasteiger partial charge in [-0.3, -0.25) is 9.59 Å². The Morgan fingerprint density at radius 1 is 0.964 bits per heavy atom. The largest absolute Gasteiger partial charge is 0.451 e. The standard InChI is InChI=1S/C22H17N3O3/c26-18-12-20(28-19-9-5-4-8-17(18)19)22(27)23-11-10-15-13-24-21(25-14-15)16-6-2-1-3-7-16/h1-9,12-14H,10-11H2,(H,23,27). The van der Waals surface area contributed by atoms with Crippen molar-refractivity contribution in [3.05, 3.63) is 94.6 Å². The maximum atomic E-state index is 12.3. The molecule has 2 aromatic carbocycles. The number of fused-ring (bicyclic) bond motifs is 1. The minimum atomic E-state index is -0.426. The quantitative estimate of drug-likeness (QED) is 0.582. The normalized spacial score (nSPS) is 10.7. The van der Waals surface area contributed by atoms with Gasteiger partial charge in [-0.1, -0.05) is 42.5 Å². The minimum absolute atomic E-state index is 0.000578. The van der Waals surface area contributed by atoms with Crippen LogP contribution in [-0.4, -0.2) is 22.4 Å². The Morgan fingerprint density at radius 2 is 1.68 bits per heavy atom. The third-order valence-corrected chi connectivity index (χ3v) is 4.29. The molecule has 2 aromatic heterocycles. The molecule has 0 spiro atoms. The second-order valence-corrected chi connectivity index (χ2v) is 6.26. The van der Waals surface area contributed by atoms with Gasteiger partial charge in [-0.05, 0) is 24.1 Å². The molecule has 0 aliphatic carbocycles. The summed E-state index contributed by atoms with van der Waals surface area (Å²) in [6.07, 6.45) is 4.06. The zero-order valence-corrected chi connectivity index (χ0v) is 15.0. The van der Waals surface area contributed by atoms with Gasteiger partial charge in [-0.2, -0.15) is 0 Å². The Hall–Kier alpha value is -3.80. The van der Waals surface area contributed by atoms with Crippen LogP contribution in [0.1, 0.15) is 16.1 Å². The topological polar surface area (TPSA) is 85.1 Å². The zero-order chi connectivity index (χ0) is 19.3. The number of benzene rings is 2. The van der Waals surface area contributed by atoms with E-state index >= 15 is 0 Å². The molecule has 0 atom stereocenters. The van der Waals surface area contributed by atoms with Crippen LogP contribution < -0.4 is 10.7 Å². The average molecular weight is 371 g/mol. The number of aromatic nitrogens is 2. The van der Waals surface area contributed by atoms with Crippen LogP contribution in [0.25, 0.3) is 22.4 Å². The first-order chi connectivity index (χ1) is 13.7. The Bertz CT molecular complexity index is 1170. The van der Waals surface area contributed by atoms with Gasteiger partial charge in [-0.25, -0.2) is 9.97 Å². The van der Waals surface area contributed by atoms with Crippen LogP contribution in [0.5, 0.6) is 0 Å². The van der Waals surface area contributed by atoms with Gasteiger partial charge in [0.1, 0.15) is 5.58 Å². The molecule has 4 aromatic rings. The lowest BCUT2D eigenvalue weighted by molar-refractivity contribution is 0.0927. The van der Waals surface area contributed by atoms with Gasteiger partial charge in [0.05, 0.1) is 5.39 Å². The Balaban J connectivity index is 1.39. The predicted octanol–water partition coefficient (Wildman–Crippen LogP) is 3.22. The maximum absolute atomic E-state index is 12.3. The van der Waals surface area contributed by atoms with Crippen LogP contribution in [0, 0.1) is 0 Å². The van der Waals surface area contributed by atoms with E-state index in [4.69, 9.17) is 4.42 Å². The lowest BCUT2D eigenvalue weighted by Gasteiger charge is -2.06. The lowest BCUT2D eigenvalue weighted by atomic mass is 10.2. The summed E-state index contributed by atoms with van der Waals surface area (Å²) in [5.41, 5.74) is 2.01. The molecule has 28 heavy (non-hydrogen) atoms. The third kappa shape index (κ3) is 3.81. The molecule has 0 aliphatic heterocycles. The monoisotopic (exact) mass is 371 g/mol. The molecule has 4 rings (SSSR count). The molecule has 0 bridgehead atoms. The number of carbonyl (C=O) groups excluding carboxylic acids is 1. The van der Waals surface area contributed by atoms with E-state index in [2.05, 4.69) is 15.3 Å². The molecule has 2 heterocycles. The summed E-state index contributed by atoms with van der Waals surface area (Å²) >= 11 is 0. The Morgan fingerprint density at radius 3 is 2.46 bits per heavy atom. The van der Waals surface area contributed by atoms with Gasteiger partial charge in [0, 0.05) is 30.6 Å². The number of hydrogen-bond acceptors (Lipinski definition) is 5. The fourth-order valence-electron chi connectivity index (χ4n) is 2.84. The number of para-hydroxylation sites is 1. The van der Waals surface area contributed by atoms with E-state index in [0.717, 1.165) is 11.1 Å². The van der Waals surface area contributed by atoms with Crippen molar-refractivity contribution in [3.8, 4) is 11.4 Å². The van der Waals surface area contributed by atoms with Gasteiger partial charge >= 0.3 is 0 Å². The molecule has 0 radical (unpaired) electrons. The van der Waals surface area contributed by atoms with Crippen molar-refractivity contribution in [2.24, 2.45) is 0 Å². The average Bonchev–Trinajstić information content (AvgIpc) is 2.75. The van der Waals surface area contributed by atoms with Crippen LogP contribution in [0.4, 0.5) is 0 Å². The van der Waals surface area contributed by atoms with E-state index < -0.39 is 5.91 Å². The summed E-state index contributed by atoms with van der Waals surface area (Å²) in [4.78, 5) is 33.1. The molecule has 0 aliphatic rings. The highest BCUT2D eigenvalue weighted by atomic mass is 16.3. The molecule has 6 nitrogen and oxygen atoms in total. The summed E-state index contributed by atoms with van der Waals surface area (Å²) in [5, 5.41) is 3.21. The molecule has 0 unspecified atom stereocenters. The maximum Gasteiger partial charge on any atom is 0.287 e. The van der Waals surface area contributed by atoms with Crippen LogP contribution in [0.15, 0.2) is 82.3 Å². The first kappa shape index (κ1) is 17.6. The van der Waals surface area contributed by atoms with Crippen LogP contribution >= 0.6 is 0 Å². The molecular weight excluding hydrogens is 354 g/mol. The smallest absolute Gasteiger partial charge is 0.287 e. The second-order valence-electron chi connectivity index (χ2n) is 6.26. The first-order valence-corrected chi connectivity index (χ1v) is 8.88. The third-order valence-electron chi connectivity index (χ3n) is 4.29. The lowest BCUT2D eigenvalue weighted by Crippen LogP contribution is -2.26. The van der Waals surface area contributed by atoms with E-state index in [0.29, 0.717) is 29.8 Å². The molecule has 1 amide bonds. The SMILES string of the molecule is O=C(NCCc1cnc(-c2ccccc2)nc1)c1cc(=O)c2ccccc2o1. The number of amides is 1. The molecule has 0 saturated carbocycles. The summed E-state index contributed by atoms with van der Waals surface area (Å²) in [7, 11) is 0. The number of nitrogens with zero attached hydrogens (tertiary/aromatic N) is 2. The molecule has 0 fully saturated rings. The highest BCUT2D eigenvalue weighted by Crippen LogP contribution is 2.14. The minimum Gasteiger partial charge on any atom is -0.451 e. The highest BCUT2D eigenvalue weighted by molar-refractivity contribution is 5.93. The van der Waals surface area contributed by atoms with E-state index in [1.54, 1.807) is 36.7 Å². The molecular formula is C22H17N3O3. The Labute approximate surface area is 160 Å². The van der Waals surface area contributed by atoms with Gasteiger partial charge in [-0.15, -0.1) is 0 Å². The zero-order valence-electron chi connectivity index (χ0n) is 15.0. The predicted molar refractivity (Wildman–Crippen MR) is 106 cm³/mol. The van der Waals surface area contributed by atoms with Crippen molar-refractivity contribution in [1.82, 2.24) is 15.3 Å². The summed E-state index contributed by atoms with van der Waals surface area (Å²) in [6, 6.07) is 17.8. The number of hydrogen-bond donors (Lipinski definition) is 1. The highest BCUT2D eigenvalue weighted by Gasteiger charge is 2.11. The molecule has 6 heteroatoms. The summed E-state index contributed by atoms with van der Waals surface area (Å²) < 4.78 is 5.54. The van der Waals surface area contributed by atoms with Crippen molar-refractivity contribution in [2.75, 3.05) is 6.54 Å². The van der Waals surface area contributed by atoms with Gasteiger partial charge in [0.2, 0.25) is 0 Å². The summed E-state index contributed by atoms with van der Waals surface area (Å²) in [5.74, 6) is 0.232. The first-order valence-electron chi connectivity index (χ1n) is 8.88. The van der Waals surface area contributed by atoms with Gasteiger partial charge < -0.3 is 9.73 Å². The fourth-order valence-corrected chi connectivity index (χ4v) is 2.84. The van der Waals surface area contributed by atoms with Crippen LogP contribution in [0.3, 0.4) is 0 Å². The van der Waals surface area contributed by atoms with E-state index in [1.807, 2.05) is 30.3 Å². The molecule has 0 saturated heterocycles. The Kier molecular flexibility index (Phi) is 4.93. The fraction of sp³-hybridized carbons (Fsp3) is 0.0909. The number of rotatable bonds is 5. The van der Waals surface area contributed by atoms with Crippen LogP contribution in [-0.2, 0) is 6.42 Å². The van der Waals surface area contributed by atoms with Gasteiger partial charge in [0.25, 0.3) is 5.91 Å². The van der Waals surface area contributed by atoms with E-state index in [-0.39, 0.29) is 11.2 Å². The van der Waals surface area contributed by atoms with Crippen molar-refractivity contribution in [3.63, 3.8) is 0 Å². The number of nitrogens with one attached hydrogen (secondary N) is 1. The van der Waals surface area contributed by atoms with E-state index in [1.165, 1.54) is 6.07 Å². The molecule has 1 N–H and O–H groups in total. The number of carbonyl (C=O) groups is 1. The van der Waals surface area contributed by atoms with Crippen molar-refractivity contribution in [2.45, 2.75) is 6.42 Å². The summed E-state index contributed by atoms with van der Waals surface area (Å²) in [6.45, 7) is 0.378. The van der Waals surface area contributed by atoms with Crippen molar-refractivity contribution < 1.29 is 9.21 Å². The van der Waals surface area contributed by atoms with Crippen molar-refractivity contribution in [1.29, 1.82) is 0 Å². The second kappa shape index (κ2) is 7.84. The van der Waals surface area contributed by atoms with Gasteiger partial charge in [0.15, 0.2) is 17.0 Å². The van der Waals surface area contributed by atoms with E-state index in [9.17, 15) is 9.59 Å². The van der Waals surface area contributed by atoms with Crippen molar-refractivity contribution >= 4 is 16.9 Å². The molecule has 138 valence electrons. The van der Waals surface area contributed by atoms with Crippen LogP contribution in [0.2, 0.25) is 0 Å².